The molecule has 0 atom stereocenters. The largest absolute Gasteiger partial charge is 0.468 e. The summed E-state index contributed by atoms with van der Waals surface area (Å²) < 4.78 is 11.3. The molecule has 0 aliphatic carbocycles. The van der Waals surface area contributed by atoms with Gasteiger partial charge >= 0.3 is 0 Å². The third-order valence-corrected chi connectivity index (χ3v) is 3.34. The van der Waals surface area contributed by atoms with Crippen molar-refractivity contribution in [2.45, 2.75) is 40.4 Å². The fraction of sp³-hybridized carbons (Fsp3) is 0.529. The number of nitrogens with one attached hydrogen (secondary N) is 1. The zero-order valence-corrected chi connectivity index (χ0v) is 13.5. The first-order chi connectivity index (χ1) is 10.0. The molecule has 0 fully saturated rings. The highest BCUT2D eigenvalue weighted by Crippen LogP contribution is 2.17. The number of rotatable bonds is 8. The summed E-state index contributed by atoms with van der Waals surface area (Å²) >= 11 is 0. The predicted molar refractivity (Wildman–Crippen MR) is 83.9 cm³/mol. The average molecular weight is 290 g/mol. The lowest BCUT2D eigenvalue weighted by atomic mass is 10.2. The van der Waals surface area contributed by atoms with Crippen molar-refractivity contribution >= 4 is 0 Å². The smallest absolute Gasteiger partial charge is 0.120 e. The molecule has 0 saturated heterocycles. The highest BCUT2D eigenvalue weighted by atomic mass is 16.3. The van der Waals surface area contributed by atoms with Crippen LogP contribution in [0.15, 0.2) is 33.3 Å². The number of nitrogens with zero attached hydrogens (tertiary/aromatic N) is 1. The summed E-state index contributed by atoms with van der Waals surface area (Å²) in [5, 5.41) is 3.42. The molecule has 2 aromatic rings. The molecule has 0 radical (unpaired) electrons. The Balaban J connectivity index is 1.86. The van der Waals surface area contributed by atoms with E-state index < -0.39 is 0 Å². The summed E-state index contributed by atoms with van der Waals surface area (Å²) in [5.41, 5.74) is 1.22. The van der Waals surface area contributed by atoms with Crippen LogP contribution in [-0.4, -0.2) is 18.5 Å². The van der Waals surface area contributed by atoms with E-state index in [1.807, 2.05) is 12.1 Å². The third kappa shape index (κ3) is 5.06. The van der Waals surface area contributed by atoms with E-state index >= 15 is 0 Å². The van der Waals surface area contributed by atoms with Gasteiger partial charge in [-0.1, -0.05) is 13.8 Å². The molecule has 4 heteroatoms. The van der Waals surface area contributed by atoms with Gasteiger partial charge in [-0.3, -0.25) is 4.90 Å². The zero-order valence-electron chi connectivity index (χ0n) is 13.5. The van der Waals surface area contributed by atoms with Crippen molar-refractivity contribution in [3.8, 4) is 0 Å². The predicted octanol–water partition coefficient (Wildman–Crippen LogP) is 3.56. The first-order valence-electron chi connectivity index (χ1n) is 7.54. The van der Waals surface area contributed by atoms with Crippen LogP contribution in [0.5, 0.6) is 0 Å². The second kappa shape index (κ2) is 7.48. The van der Waals surface area contributed by atoms with E-state index in [2.05, 4.69) is 44.1 Å². The molecule has 0 bridgehead atoms. The van der Waals surface area contributed by atoms with Gasteiger partial charge in [0.25, 0.3) is 0 Å². The molecule has 0 spiro atoms. The van der Waals surface area contributed by atoms with Gasteiger partial charge in [0, 0.05) is 0 Å². The van der Waals surface area contributed by atoms with Crippen LogP contribution in [-0.2, 0) is 19.6 Å². The lowest BCUT2D eigenvalue weighted by Gasteiger charge is -2.13. The molecular formula is C17H26N2O2. The van der Waals surface area contributed by atoms with Gasteiger partial charge in [-0.2, -0.15) is 0 Å². The van der Waals surface area contributed by atoms with E-state index in [0.29, 0.717) is 5.92 Å². The van der Waals surface area contributed by atoms with Gasteiger partial charge in [-0.15, -0.1) is 0 Å². The Kier molecular flexibility index (Phi) is 5.65. The highest BCUT2D eigenvalue weighted by molar-refractivity contribution is 5.20. The molecule has 1 N–H and O–H groups in total. The lowest BCUT2D eigenvalue weighted by molar-refractivity contribution is 0.261. The van der Waals surface area contributed by atoms with Crippen molar-refractivity contribution in [2.24, 2.45) is 5.92 Å². The molecule has 0 aliphatic heterocycles. The van der Waals surface area contributed by atoms with Crippen molar-refractivity contribution in [3.63, 3.8) is 0 Å². The maximum Gasteiger partial charge on any atom is 0.120 e. The van der Waals surface area contributed by atoms with Crippen LogP contribution in [0.3, 0.4) is 0 Å². The summed E-state index contributed by atoms with van der Waals surface area (Å²) in [6.07, 6.45) is 1.71. The SMILES string of the molecule is Cc1cc(CN(C)Cc2ccco2)oc1CNCC(C)C. The maximum atomic E-state index is 5.95. The van der Waals surface area contributed by atoms with E-state index in [9.17, 15) is 0 Å². The Hall–Kier alpha value is -1.52. The standard InChI is InChI=1S/C17H26N2O2/c1-13(2)9-18-10-17-14(3)8-16(21-17)12-19(4)11-15-6-5-7-20-15/h5-8,13,18H,9-12H2,1-4H3. The van der Waals surface area contributed by atoms with Crippen molar-refractivity contribution < 1.29 is 8.83 Å². The molecule has 21 heavy (non-hydrogen) atoms. The van der Waals surface area contributed by atoms with Crippen LogP contribution in [0.2, 0.25) is 0 Å². The molecule has 2 heterocycles. The van der Waals surface area contributed by atoms with Crippen molar-refractivity contribution in [1.29, 1.82) is 0 Å². The quantitative estimate of drug-likeness (QED) is 0.807. The topological polar surface area (TPSA) is 41.6 Å². The fourth-order valence-electron chi connectivity index (χ4n) is 2.31. The average Bonchev–Trinajstić information content (AvgIpc) is 3.00. The van der Waals surface area contributed by atoms with Crippen LogP contribution in [0.25, 0.3) is 0 Å². The van der Waals surface area contributed by atoms with Gasteiger partial charge in [0.15, 0.2) is 0 Å². The first-order valence-corrected chi connectivity index (χ1v) is 7.54. The Labute approximate surface area is 127 Å². The normalized spacial score (nSPS) is 11.7. The monoisotopic (exact) mass is 290 g/mol. The Morgan fingerprint density at radius 3 is 2.67 bits per heavy atom. The first kappa shape index (κ1) is 15.9. The minimum atomic E-state index is 0.652. The second-order valence-corrected chi connectivity index (χ2v) is 6.10. The molecule has 116 valence electrons. The summed E-state index contributed by atoms with van der Waals surface area (Å²) in [6, 6.07) is 6.04. The van der Waals surface area contributed by atoms with E-state index in [-0.39, 0.29) is 0 Å². The maximum absolute atomic E-state index is 5.95. The highest BCUT2D eigenvalue weighted by Gasteiger charge is 2.10. The van der Waals surface area contributed by atoms with Gasteiger partial charge in [-0.25, -0.2) is 0 Å². The molecule has 0 aliphatic rings. The zero-order chi connectivity index (χ0) is 15.2. The van der Waals surface area contributed by atoms with Crippen LogP contribution >= 0.6 is 0 Å². The van der Waals surface area contributed by atoms with E-state index in [1.165, 1.54) is 5.56 Å². The third-order valence-electron chi connectivity index (χ3n) is 3.34. The van der Waals surface area contributed by atoms with Crippen molar-refractivity contribution in [1.82, 2.24) is 10.2 Å². The molecule has 2 rings (SSSR count). The summed E-state index contributed by atoms with van der Waals surface area (Å²) in [6.45, 7) is 9.89. The van der Waals surface area contributed by atoms with Gasteiger partial charge in [0.1, 0.15) is 17.3 Å². The van der Waals surface area contributed by atoms with Crippen molar-refractivity contribution in [2.75, 3.05) is 13.6 Å². The molecule has 2 aromatic heterocycles. The summed E-state index contributed by atoms with van der Waals surface area (Å²) in [4.78, 5) is 2.18. The Morgan fingerprint density at radius 2 is 2.00 bits per heavy atom. The van der Waals surface area contributed by atoms with Crippen LogP contribution in [0.1, 0.15) is 36.7 Å². The molecule has 0 unspecified atom stereocenters. The lowest BCUT2D eigenvalue weighted by Crippen LogP contribution is -2.19. The van der Waals surface area contributed by atoms with Crippen LogP contribution < -0.4 is 5.32 Å². The molecular weight excluding hydrogens is 264 g/mol. The van der Waals surface area contributed by atoms with Crippen LogP contribution in [0.4, 0.5) is 0 Å². The summed E-state index contributed by atoms with van der Waals surface area (Å²) in [5.74, 6) is 3.67. The van der Waals surface area contributed by atoms with Gasteiger partial charge in [0.05, 0.1) is 25.9 Å². The van der Waals surface area contributed by atoms with Gasteiger partial charge in [-0.05, 0) is 50.2 Å². The van der Waals surface area contributed by atoms with Crippen LogP contribution in [0, 0.1) is 12.8 Å². The summed E-state index contributed by atoms with van der Waals surface area (Å²) in [7, 11) is 2.07. The number of hydrogen-bond donors (Lipinski definition) is 1. The van der Waals surface area contributed by atoms with E-state index in [0.717, 1.165) is 43.5 Å². The second-order valence-electron chi connectivity index (χ2n) is 6.10. The molecule has 0 aromatic carbocycles. The van der Waals surface area contributed by atoms with Crippen molar-refractivity contribution in [3.05, 3.63) is 47.3 Å². The Bertz CT molecular complexity index is 529. The van der Waals surface area contributed by atoms with E-state index in [4.69, 9.17) is 8.83 Å². The minimum Gasteiger partial charge on any atom is -0.468 e. The van der Waals surface area contributed by atoms with E-state index in [1.54, 1.807) is 6.26 Å². The molecule has 4 nitrogen and oxygen atoms in total. The number of hydrogen-bond acceptors (Lipinski definition) is 4. The molecule has 0 saturated carbocycles. The van der Waals surface area contributed by atoms with Gasteiger partial charge in [0.2, 0.25) is 0 Å². The number of aryl methyl sites for hydroxylation is 1. The number of furan rings is 2. The van der Waals surface area contributed by atoms with Gasteiger partial charge < -0.3 is 14.2 Å². The fourth-order valence-corrected chi connectivity index (χ4v) is 2.31. The minimum absolute atomic E-state index is 0.652. The Morgan fingerprint density at radius 1 is 1.24 bits per heavy atom. The molecule has 0 amide bonds.